The largest absolute Gasteiger partial charge is 0.361 e. The van der Waals surface area contributed by atoms with Gasteiger partial charge in [0.2, 0.25) is 0 Å². The Morgan fingerprint density at radius 3 is 2.73 bits per heavy atom. The summed E-state index contributed by atoms with van der Waals surface area (Å²) in [5.41, 5.74) is 2.55. The van der Waals surface area contributed by atoms with Gasteiger partial charge in [0.15, 0.2) is 5.69 Å². The highest BCUT2D eigenvalue weighted by Crippen LogP contribution is 2.07. The number of hydrogen-bond acceptors (Lipinski definition) is 4. The van der Waals surface area contributed by atoms with Crippen molar-refractivity contribution in [1.29, 1.82) is 0 Å². The topological polar surface area (TPSA) is 67.5 Å². The summed E-state index contributed by atoms with van der Waals surface area (Å²) in [6, 6.07) is 1.56. The van der Waals surface area contributed by atoms with Crippen molar-refractivity contribution in [2.75, 3.05) is 0 Å². The Kier molecular flexibility index (Phi) is 3.24. The molecular formula is C10H15N3O2. The number of hydrazone groups is 1. The quantitative estimate of drug-likeness (QED) is 0.596. The highest BCUT2D eigenvalue weighted by atomic mass is 16.5. The summed E-state index contributed by atoms with van der Waals surface area (Å²) >= 11 is 0. The van der Waals surface area contributed by atoms with Crippen molar-refractivity contribution >= 4 is 12.1 Å². The second-order valence-electron chi connectivity index (χ2n) is 4.39. The van der Waals surface area contributed by atoms with Gasteiger partial charge >= 0.3 is 0 Å². The van der Waals surface area contributed by atoms with Crippen molar-refractivity contribution in [2.45, 2.75) is 27.7 Å². The molecule has 0 aliphatic rings. The normalized spacial score (nSPS) is 12.0. The highest BCUT2D eigenvalue weighted by Gasteiger charge is 2.10. The van der Waals surface area contributed by atoms with Crippen molar-refractivity contribution in [3.63, 3.8) is 0 Å². The Morgan fingerprint density at radius 2 is 2.27 bits per heavy atom. The minimum Gasteiger partial charge on any atom is -0.361 e. The van der Waals surface area contributed by atoms with Crippen LogP contribution < -0.4 is 5.43 Å². The lowest BCUT2D eigenvalue weighted by molar-refractivity contribution is 0.0946. The Hall–Kier alpha value is -1.65. The third-order valence-electron chi connectivity index (χ3n) is 1.48. The Morgan fingerprint density at radius 1 is 1.60 bits per heavy atom. The molecule has 0 atom stereocenters. The van der Waals surface area contributed by atoms with Crippen LogP contribution in [0.1, 0.15) is 37.0 Å². The molecule has 1 amide bonds. The van der Waals surface area contributed by atoms with E-state index in [1.807, 2.05) is 20.8 Å². The van der Waals surface area contributed by atoms with Crippen molar-refractivity contribution < 1.29 is 9.32 Å². The van der Waals surface area contributed by atoms with E-state index in [2.05, 4.69) is 15.7 Å². The molecule has 0 fully saturated rings. The van der Waals surface area contributed by atoms with E-state index in [9.17, 15) is 4.79 Å². The number of rotatable bonds is 2. The van der Waals surface area contributed by atoms with Crippen molar-refractivity contribution in [3.05, 3.63) is 17.5 Å². The number of carbonyl (C=O) groups is 1. The van der Waals surface area contributed by atoms with E-state index in [1.54, 1.807) is 19.2 Å². The smallest absolute Gasteiger partial charge is 0.293 e. The maximum absolute atomic E-state index is 11.4. The first kappa shape index (κ1) is 11.4. The summed E-state index contributed by atoms with van der Waals surface area (Å²) in [5, 5.41) is 7.39. The molecule has 0 radical (unpaired) electrons. The zero-order chi connectivity index (χ0) is 11.5. The maximum Gasteiger partial charge on any atom is 0.293 e. The molecule has 1 aromatic rings. The summed E-state index contributed by atoms with van der Waals surface area (Å²) in [5.74, 6) is 0.229. The summed E-state index contributed by atoms with van der Waals surface area (Å²) in [6.45, 7) is 7.69. The third kappa shape index (κ3) is 3.93. The van der Waals surface area contributed by atoms with Crippen molar-refractivity contribution in [2.24, 2.45) is 10.5 Å². The number of hydrogen-bond donors (Lipinski definition) is 1. The summed E-state index contributed by atoms with van der Waals surface area (Å²) in [7, 11) is 0. The number of carbonyl (C=O) groups excluding carboxylic acids is 1. The van der Waals surface area contributed by atoms with Crippen LogP contribution in [-0.2, 0) is 0 Å². The van der Waals surface area contributed by atoms with Crippen LogP contribution in [0.3, 0.4) is 0 Å². The fourth-order valence-corrected chi connectivity index (χ4v) is 0.815. The monoisotopic (exact) mass is 209 g/mol. The van der Waals surface area contributed by atoms with Crippen LogP contribution in [0.2, 0.25) is 0 Å². The standard InChI is InChI=1S/C10H15N3O2/c1-7-5-8(13-15-7)9(14)12-11-6-10(2,3)4/h5-6H,1-4H3,(H,12,14). The average molecular weight is 209 g/mol. The molecule has 0 aliphatic heterocycles. The molecule has 1 aromatic heterocycles. The van der Waals surface area contributed by atoms with Gasteiger partial charge in [-0.2, -0.15) is 5.10 Å². The molecule has 82 valence electrons. The first-order valence-corrected chi connectivity index (χ1v) is 4.66. The molecule has 1 rings (SSSR count). The van der Waals surface area contributed by atoms with Gasteiger partial charge in [0.05, 0.1) is 0 Å². The molecular weight excluding hydrogens is 194 g/mol. The average Bonchev–Trinajstić information content (AvgIpc) is 2.49. The van der Waals surface area contributed by atoms with Crippen molar-refractivity contribution in [3.8, 4) is 0 Å². The fourth-order valence-electron chi connectivity index (χ4n) is 0.815. The van der Waals surface area contributed by atoms with Gasteiger partial charge in [-0.25, -0.2) is 5.43 Å². The van der Waals surface area contributed by atoms with Gasteiger partial charge in [-0.05, 0) is 12.3 Å². The molecule has 0 saturated heterocycles. The van der Waals surface area contributed by atoms with Gasteiger partial charge in [-0.15, -0.1) is 0 Å². The summed E-state index contributed by atoms with van der Waals surface area (Å²) < 4.78 is 4.77. The lowest BCUT2D eigenvalue weighted by Crippen LogP contribution is -2.20. The summed E-state index contributed by atoms with van der Waals surface area (Å²) in [6.07, 6.45) is 1.66. The predicted molar refractivity (Wildman–Crippen MR) is 56.7 cm³/mol. The molecule has 1 N–H and O–H groups in total. The second kappa shape index (κ2) is 4.25. The molecule has 0 unspecified atom stereocenters. The van der Waals surface area contributed by atoms with E-state index in [-0.39, 0.29) is 17.0 Å². The molecule has 0 aromatic carbocycles. The molecule has 0 bridgehead atoms. The van der Waals surface area contributed by atoms with Crippen LogP contribution in [0.25, 0.3) is 0 Å². The van der Waals surface area contributed by atoms with Crippen LogP contribution in [-0.4, -0.2) is 17.3 Å². The number of aryl methyl sites for hydroxylation is 1. The summed E-state index contributed by atoms with van der Waals surface area (Å²) in [4.78, 5) is 11.4. The molecule has 0 aliphatic carbocycles. The van der Waals surface area contributed by atoms with Crippen LogP contribution in [0, 0.1) is 12.3 Å². The molecule has 5 nitrogen and oxygen atoms in total. The van der Waals surface area contributed by atoms with E-state index >= 15 is 0 Å². The van der Waals surface area contributed by atoms with Crippen LogP contribution in [0.15, 0.2) is 15.7 Å². The van der Waals surface area contributed by atoms with Crippen molar-refractivity contribution in [1.82, 2.24) is 10.6 Å². The molecule has 5 heteroatoms. The second-order valence-corrected chi connectivity index (χ2v) is 4.39. The zero-order valence-electron chi connectivity index (χ0n) is 9.37. The lowest BCUT2D eigenvalue weighted by Gasteiger charge is -2.09. The van der Waals surface area contributed by atoms with E-state index in [0.29, 0.717) is 5.76 Å². The van der Waals surface area contributed by atoms with Gasteiger partial charge in [0.25, 0.3) is 5.91 Å². The van der Waals surface area contributed by atoms with Gasteiger partial charge in [0.1, 0.15) is 5.76 Å². The van der Waals surface area contributed by atoms with Gasteiger partial charge < -0.3 is 4.52 Å². The van der Waals surface area contributed by atoms with E-state index in [1.165, 1.54) is 0 Å². The minimum atomic E-state index is -0.368. The molecule has 1 heterocycles. The van der Waals surface area contributed by atoms with Gasteiger partial charge in [-0.1, -0.05) is 25.9 Å². The zero-order valence-corrected chi connectivity index (χ0v) is 9.37. The lowest BCUT2D eigenvalue weighted by atomic mass is 9.99. The van der Waals surface area contributed by atoms with E-state index < -0.39 is 0 Å². The number of nitrogens with one attached hydrogen (secondary N) is 1. The number of nitrogens with zero attached hydrogens (tertiary/aromatic N) is 2. The Balaban J connectivity index is 2.54. The van der Waals surface area contributed by atoms with Gasteiger partial charge in [0, 0.05) is 12.3 Å². The highest BCUT2D eigenvalue weighted by molar-refractivity contribution is 5.92. The Labute approximate surface area is 88.5 Å². The van der Waals surface area contributed by atoms with Crippen LogP contribution in [0.5, 0.6) is 0 Å². The molecule has 0 spiro atoms. The third-order valence-corrected chi connectivity index (χ3v) is 1.48. The number of amides is 1. The van der Waals surface area contributed by atoms with Gasteiger partial charge in [-0.3, -0.25) is 4.79 Å². The SMILES string of the molecule is Cc1cc(C(=O)NN=CC(C)(C)C)no1. The minimum absolute atomic E-state index is 0.0625. The van der Waals surface area contributed by atoms with E-state index in [4.69, 9.17) is 4.52 Å². The Bertz CT molecular complexity index is 374. The predicted octanol–water partition coefficient (Wildman–Crippen LogP) is 1.74. The van der Waals surface area contributed by atoms with E-state index in [0.717, 1.165) is 0 Å². The fraction of sp³-hybridized carbons (Fsp3) is 0.500. The number of aromatic nitrogens is 1. The molecule has 0 saturated carbocycles. The first-order valence-electron chi connectivity index (χ1n) is 4.66. The van der Waals surface area contributed by atoms with Crippen LogP contribution in [0.4, 0.5) is 0 Å². The molecule has 15 heavy (non-hydrogen) atoms. The maximum atomic E-state index is 11.4. The first-order chi connectivity index (χ1) is 6.88. The van der Waals surface area contributed by atoms with Crippen LogP contribution >= 0.6 is 0 Å².